The highest BCUT2D eigenvalue weighted by Gasteiger charge is 2.05. The number of hydrogen-bond donors (Lipinski definition) is 1. The molecule has 0 aliphatic rings. The number of rotatable bonds is 2. The summed E-state index contributed by atoms with van der Waals surface area (Å²) in [5, 5.41) is 8.14. The highest BCUT2D eigenvalue weighted by Crippen LogP contribution is 2.31. The Kier molecular flexibility index (Phi) is 3.28. The topological polar surface area (TPSA) is 24.9 Å². The molecule has 0 aliphatic heterocycles. The molecule has 4 aromatic rings. The summed E-state index contributed by atoms with van der Waals surface area (Å²) in [5.41, 5.74) is 1.02. The molecule has 106 valence electrons. The average Bonchev–Trinajstić information content (AvgIpc) is 2.55. The Balaban J connectivity index is 1.83. The van der Waals surface area contributed by atoms with Gasteiger partial charge in [0.15, 0.2) is 0 Å². The van der Waals surface area contributed by atoms with E-state index in [2.05, 4.69) is 68.7 Å². The van der Waals surface area contributed by atoms with E-state index in [4.69, 9.17) is 0 Å². The van der Waals surface area contributed by atoms with Crippen molar-refractivity contribution in [2.24, 2.45) is 0 Å². The molecule has 1 heterocycles. The maximum Gasteiger partial charge on any atom is 0.138 e. The molecule has 0 fully saturated rings. The first kappa shape index (κ1) is 13.3. The second-order valence-electron chi connectivity index (χ2n) is 5.18. The van der Waals surface area contributed by atoms with Gasteiger partial charge in [-0.2, -0.15) is 0 Å². The van der Waals surface area contributed by atoms with Crippen molar-refractivity contribution >= 4 is 49.0 Å². The Labute approximate surface area is 136 Å². The first-order chi connectivity index (χ1) is 10.8. The van der Waals surface area contributed by atoms with Crippen LogP contribution in [0.1, 0.15) is 0 Å². The van der Waals surface area contributed by atoms with Gasteiger partial charge >= 0.3 is 0 Å². The van der Waals surface area contributed by atoms with Crippen molar-refractivity contribution in [1.29, 1.82) is 0 Å². The van der Waals surface area contributed by atoms with Crippen LogP contribution in [0.15, 0.2) is 77.4 Å². The van der Waals surface area contributed by atoms with E-state index in [0.717, 1.165) is 21.4 Å². The van der Waals surface area contributed by atoms with Crippen LogP contribution < -0.4 is 5.32 Å². The van der Waals surface area contributed by atoms with Crippen LogP contribution in [0.2, 0.25) is 0 Å². The van der Waals surface area contributed by atoms with Gasteiger partial charge in [0.05, 0.1) is 0 Å². The van der Waals surface area contributed by atoms with Gasteiger partial charge in [0.25, 0.3) is 0 Å². The van der Waals surface area contributed by atoms with E-state index >= 15 is 0 Å². The van der Waals surface area contributed by atoms with Crippen molar-refractivity contribution in [3.8, 4) is 0 Å². The summed E-state index contributed by atoms with van der Waals surface area (Å²) in [7, 11) is 0. The standard InChI is InChI=1S/C19H13BrN2/c20-18-12-15(11-14-6-2-3-7-16(14)18)22-19-17-8-4-1-5-13(17)9-10-21-19/h1-12H,(H,21,22). The molecular formula is C19H13BrN2. The molecule has 22 heavy (non-hydrogen) atoms. The fourth-order valence-corrected chi connectivity index (χ4v) is 3.30. The van der Waals surface area contributed by atoms with Crippen molar-refractivity contribution in [2.75, 3.05) is 5.32 Å². The lowest BCUT2D eigenvalue weighted by Gasteiger charge is -2.11. The predicted octanol–water partition coefficient (Wildman–Crippen LogP) is 5.89. The summed E-state index contributed by atoms with van der Waals surface area (Å²) < 4.78 is 1.08. The quantitative estimate of drug-likeness (QED) is 0.488. The molecule has 0 bridgehead atoms. The summed E-state index contributed by atoms with van der Waals surface area (Å²) >= 11 is 3.65. The SMILES string of the molecule is Brc1cc(Nc2nccc3ccccc23)cc2ccccc12. The summed E-state index contributed by atoms with van der Waals surface area (Å²) in [5.74, 6) is 0.875. The normalized spacial score (nSPS) is 11.0. The third-order valence-corrected chi connectivity index (χ3v) is 4.40. The van der Waals surface area contributed by atoms with Gasteiger partial charge in [-0.05, 0) is 34.4 Å². The van der Waals surface area contributed by atoms with E-state index < -0.39 is 0 Å². The second-order valence-corrected chi connectivity index (χ2v) is 6.04. The molecule has 3 heteroatoms. The lowest BCUT2D eigenvalue weighted by molar-refractivity contribution is 1.34. The molecule has 2 nitrogen and oxygen atoms in total. The minimum absolute atomic E-state index is 0.875. The molecule has 0 aliphatic carbocycles. The Bertz CT molecular complexity index is 974. The Morgan fingerprint density at radius 1 is 0.773 bits per heavy atom. The summed E-state index contributed by atoms with van der Waals surface area (Å²) in [6, 6.07) is 22.8. The monoisotopic (exact) mass is 348 g/mol. The van der Waals surface area contributed by atoms with Crippen LogP contribution in [0.4, 0.5) is 11.5 Å². The largest absolute Gasteiger partial charge is 0.340 e. The number of halogens is 1. The number of pyridine rings is 1. The zero-order chi connectivity index (χ0) is 14.9. The molecule has 3 aromatic carbocycles. The molecule has 0 radical (unpaired) electrons. The molecule has 0 spiro atoms. The molecule has 0 amide bonds. The summed E-state index contributed by atoms with van der Waals surface area (Å²) in [6.07, 6.45) is 1.83. The average molecular weight is 349 g/mol. The van der Waals surface area contributed by atoms with E-state index in [1.54, 1.807) is 0 Å². The van der Waals surface area contributed by atoms with Crippen LogP contribution in [0, 0.1) is 0 Å². The minimum Gasteiger partial charge on any atom is -0.340 e. The predicted molar refractivity (Wildman–Crippen MR) is 96.7 cm³/mol. The number of aromatic nitrogens is 1. The highest BCUT2D eigenvalue weighted by molar-refractivity contribution is 9.10. The summed E-state index contributed by atoms with van der Waals surface area (Å²) in [6.45, 7) is 0. The van der Waals surface area contributed by atoms with Gasteiger partial charge in [0, 0.05) is 21.7 Å². The number of fused-ring (bicyclic) bond motifs is 2. The van der Waals surface area contributed by atoms with E-state index in [1.807, 2.05) is 30.5 Å². The van der Waals surface area contributed by atoms with Gasteiger partial charge in [-0.15, -0.1) is 0 Å². The van der Waals surface area contributed by atoms with Crippen LogP contribution in [0.25, 0.3) is 21.5 Å². The van der Waals surface area contributed by atoms with Gasteiger partial charge in [0.1, 0.15) is 5.82 Å². The first-order valence-electron chi connectivity index (χ1n) is 7.10. The fourth-order valence-electron chi connectivity index (χ4n) is 2.69. The number of hydrogen-bond acceptors (Lipinski definition) is 2. The maximum atomic E-state index is 4.49. The highest BCUT2D eigenvalue weighted by atomic mass is 79.9. The Morgan fingerprint density at radius 3 is 2.36 bits per heavy atom. The van der Waals surface area contributed by atoms with Crippen LogP contribution >= 0.6 is 15.9 Å². The zero-order valence-electron chi connectivity index (χ0n) is 11.8. The number of nitrogens with one attached hydrogen (secondary N) is 1. The molecule has 1 N–H and O–H groups in total. The first-order valence-corrected chi connectivity index (χ1v) is 7.90. The molecule has 0 saturated carbocycles. The van der Waals surface area contributed by atoms with Crippen molar-refractivity contribution in [3.05, 3.63) is 77.4 Å². The fraction of sp³-hybridized carbons (Fsp3) is 0. The summed E-state index contributed by atoms with van der Waals surface area (Å²) in [4.78, 5) is 4.49. The second kappa shape index (κ2) is 5.43. The smallest absolute Gasteiger partial charge is 0.138 e. The molecule has 0 atom stereocenters. The number of nitrogens with zero attached hydrogens (tertiary/aromatic N) is 1. The van der Waals surface area contributed by atoms with Crippen LogP contribution in [-0.4, -0.2) is 4.98 Å². The minimum atomic E-state index is 0.875. The third kappa shape index (κ3) is 2.34. The van der Waals surface area contributed by atoms with E-state index in [1.165, 1.54) is 16.2 Å². The maximum absolute atomic E-state index is 4.49. The Hall–Kier alpha value is -2.39. The zero-order valence-corrected chi connectivity index (χ0v) is 13.3. The molecule has 0 saturated heterocycles. The van der Waals surface area contributed by atoms with Crippen molar-refractivity contribution < 1.29 is 0 Å². The van der Waals surface area contributed by atoms with Gasteiger partial charge in [0.2, 0.25) is 0 Å². The van der Waals surface area contributed by atoms with Crippen molar-refractivity contribution in [1.82, 2.24) is 4.98 Å². The number of anilines is 2. The van der Waals surface area contributed by atoms with Crippen molar-refractivity contribution in [3.63, 3.8) is 0 Å². The van der Waals surface area contributed by atoms with Gasteiger partial charge in [-0.25, -0.2) is 4.98 Å². The van der Waals surface area contributed by atoms with Crippen molar-refractivity contribution in [2.45, 2.75) is 0 Å². The van der Waals surface area contributed by atoms with Gasteiger partial charge < -0.3 is 5.32 Å². The van der Waals surface area contributed by atoms with Crippen LogP contribution in [-0.2, 0) is 0 Å². The molecule has 4 rings (SSSR count). The van der Waals surface area contributed by atoms with E-state index in [0.29, 0.717) is 0 Å². The van der Waals surface area contributed by atoms with Crippen LogP contribution in [0.5, 0.6) is 0 Å². The van der Waals surface area contributed by atoms with E-state index in [9.17, 15) is 0 Å². The lowest BCUT2D eigenvalue weighted by Crippen LogP contribution is -1.94. The van der Waals surface area contributed by atoms with Gasteiger partial charge in [-0.1, -0.05) is 64.5 Å². The van der Waals surface area contributed by atoms with Crippen LogP contribution in [0.3, 0.4) is 0 Å². The molecule has 0 unspecified atom stereocenters. The lowest BCUT2D eigenvalue weighted by atomic mass is 10.1. The third-order valence-electron chi connectivity index (χ3n) is 3.75. The van der Waals surface area contributed by atoms with E-state index in [-0.39, 0.29) is 0 Å². The molecular weight excluding hydrogens is 336 g/mol. The number of benzene rings is 3. The Morgan fingerprint density at radius 2 is 1.50 bits per heavy atom. The molecule has 1 aromatic heterocycles. The van der Waals surface area contributed by atoms with Gasteiger partial charge in [-0.3, -0.25) is 0 Å².